The van der Waals surface area contributed by atoms with E-state index < -0.39 is 0 Å². The van der Waals surface area contributed by atoms with Gasteiger partial charge in [-0.05, 0) is 60.7 Å². The molecule has 1 aliphatic rings. The molecule has 53 heavy (non-hydrogen) atoms. The van der Waals surface area contributed by atoms with Gasteiger partial charge in [-0.2, -0.15) is 5.26 Å². The third kappa shape index (κ3) is 5.24. The minimum absolute atomic E-state index is 0.506. The molecule has 0 spiro atoms. The quantitative estimate of drug-likeness (QED) is 0.178. The smallest absolute Gasteiger partial charge is 0.164 e. The molecule has 0 radical (unpaired) electrons. The topological polar surface area (TPSA) is 70.6 Å². The molecule has 1 aliphatic heterocycles. The Hall–Kier alpha value is -7.01. The lowest BCUT2D eigenvalue weighted by Gasteiger charge is -2.33. The van der Waals surface area contributed by atoms with Crippen molar-refractivity contribution in [2.45, 2.75) is 9.79 Å². The van der Waals surface area contributed by atoms with Crippen molar-refractivity contribution < 1.29 is 0 Å². The van der Waals surface area contributed by atoms with Gasteiger partial charge in [0.25, 0.3) is 0 Å². The molecule has 2 aromatic heterocycles. The minimum atomic E-state index is 0.506. The fourth-order valence-corrected chi connectivity index (χ4v) is 8.31. The van der Waals surface area contributed by atoms with Gasteiger partial charge >= 0.3 is 0 Å². The fourth-order valence-electron chi connectivity index (χ4n) is 7.23. The monoisotopic (exact) mass is 696 g/mol. The Morgan fingerprint density at radius 3 is 1.75 bits per heavy atom. The number of nitrogens with zero attached hydrogens (tertiary/aromatic N) is 6. The van der Waals surface area contributed by atoms with Crippen molar-refractivity contribution in [3.63, 3.8) is 0 Å². The van der Waals surface area contributed by atoms with Gasteiger partial charge in [-0.15, -0.1) is 0 Å². The molecule has 0 amide bonds. The van der Waals surface area contributed by atoms with E-state index in [-0.39, 0.29) is 0 Å². The van der Waals surface area contributed by atoms with Crippen molar-refractivity contribution in [1.82, 2.24) is 19.5 Å². The first-order valence-corrected chi connectivity index (χ1v) is 18.2. The van der Waals surface area contributed by atoms with E-state index >= 15 is 0 Å². The van der Waals surface area contributed by atoms with Gasteiger partial charge in [-0.25, -0.2) is 15.0 Å². The summed E-state index contributed by atoms with van der Waals surface area (Å²) in [7, 11) is 0. The lowest BCUT2D eigenvalue weighted by Crippen LogP contribution is -2.14. The van der Waals surface area contributed by atoms with Gasteiger partial charge in [0.15, 0.2) is 17.5 Å². The molecule has 9 aromatic rings. The van der Waals surface area contributed by atoms with Crippen LogP contribution >= 0.6 is 11.8 Å². The molecule has 7 heteroatoms. The molecule has 0 aliphatic carbocycles. The van der Waals surface area contributed by atoms with Crippen LogP contribution in [0.25, 0.3) is 61.7 Å². The summed E-state index contributed by atoms with van der Waals surface area (Å²) in [5.74, 6) is 1.66. The molecule has 3 heterocycles. The van der Waals surface area contributed by atoms with Crippen LogP contribution in [0.5, 0.6) is 0 Å². The normalized spacial score (nSPS) is 12.0. The first kappa shape index (κ1) is 30.8. The summed E-state index contributed by atoms with van der Waals surface area (Å²) in [5.41, 5.74) is 9.21. The highest BCUT2D eigenvalue weighted by Gasteiger charge is 2.27. The summed E-state index contributed by atoms with van der Waals surface area (Å²) in [6.07, 6.45) is 0. The van der Waals surface area contributed by atoms with Crippen LogP contribution in [0.1, 0.15) is 5.56 Å². The maximum atomic E-state index is 10.8. The summed E-state index contributed by atoms with van der Waals surface area (Å²) < 4.78 is 2.22. The van der Waals surface area contributed by atoms with E-state index in [0.29, 0.717) is 23.0 Å². The van der Waals surface area contributed by atoms with Gasteiger partial charge in [0, 0.05) is 42.9 Å². The third-order valence-electron chi connectivity index (χ3n) is 9.65. The average Bonchev–Trinajstić information content (AvgIpc) is 3.55. The Morgan fingerprint density at radius 2 is 1.06 bits per heavy atom. The van der Waals surface area contributed by atoms with Crippen LogP contribution in [-0.4, -0.2) is 19.5 Å². The molecule has 0 N–H and O–H groups in total. The fraction of sp³-hybridized carbons (Fsp3) is 0. The molecule has 0 unspecified atom stereocenters. The van der Waals surface area contributed by atoms with E-state index in [1.807, 2.05) is 84.9 Å². The van der Waals surface area contributed by atoms with Crippen LogP contribution in [-0.2, 0) is 0 Å². The van der Waals surface area contributed by atoms with Crippen LogP contribution in [0, 0.1) is 11.3 Å². The molecule has 0 atom stereocenters. The number of nitriles is 1. The summed E-state index contributed by atoms with van der Waals surface area (Å²) in [5, 5.41) is 13.0. The second kappa shape index (κ2) is 12.6. The van der Waals surface area contributed by atoms with Crippen molar-refractivity contribution in [1.29, 1.82) is 5.26 Å². The Kier molecular flexibility index (Phi) is 7.34. The Morgan fingerprint density at radius 1 is 0.453 bits per heavy atom. The number of hydrogen-bond donors (Lipinski definition) is 0. The van der Waals surface area contributed by atoms with Crippen molar-refractivity contribution in [2.75, 3.05) is 4.90 Å². The van der Waals surface area contributed by atoms with E-state index in [1.54, 1.807) is 11.8 Å². The van der Waals surface area contributed by atoms with Gasteiger partial charge < -0.3 is 9.47 Å². The Balaban J connectivity index is 1.17. The Labute approximate surface area is 310 Å². The van der Waals surface area contributed by atoms with Crippen LogP contribution in [0.2, 0.25) is 0 Å². The zero-order chi connectivity index (χ0) is 35.3. The van der Waals surface area contributed by atoms with Gasteiger partial charge in [0.05, 0.1) is 33.7 Å². The van der Waals surface area contributed by atoms with Crippen molar-refractivity contribution >= 4 is 50.6 Å². The predicted octanol–water partition coefficient (Wildman–Crippen LogP) is 11.8. The predicted molar refractivity (Wildman–Crippen MR) is 214 cm³/mol. The molecule has 0 saturated heterocycles. The maximum Gasteiger partial charge on any atom is 0.164 e. The Bertz CT molecular complexity index is 2820. The molecule has 248 valence electrons. The summed E-state index contributed by atoms with van der Waals surface area (Å²) in [6.45, 7) is 0. The van der Waals surface area contributed by atoms with Crippen molar-refractivity contribution in [2.24, 2.45) is 0 Å². The number of fused-ring (bicyclic) bond motifs is 5. The number of aromatic nitrogens is 4. The summed E-state index contributed by atoms with van der Waals surface area (Å²) in [6, 6.07) is 60.3. The van der Waals surface area contributed by atoms with E-state index in [4.69, 9.17) is 15.0 Å². The number of para-hydroxylation sites is 3. The zero-order valence-corrected chi connectivity index (χ0v) is 29.1. The minimum Gasteiger partial charge on any atom is -0.308 e. The first-order valence-electron chi connectivity index (χ1n) is 17.3. The number of rotatable bonds is 5. The van der Waals surface area contributed by atoms with Gasteiger partial charge in [-0.1, -0.05) is 121 Å². The zero-order valence-electron chi connectivity index (χ0n) is 28.3. The first-order chi connectivity index (χ1) is 26.2. The second-order valence-corrected chi connectivity index (χ2v) is 13.9. The van der Waals surface area contributed by atoms with Gasteiger partial charge in [-0.3, -0.25) is 0 Å². The molecule has 0 fully saturated rings. The van der Waals surface area contributed by atoms with E-state index in [1.165, 1.54) is 9.79 Å². The highest BCUT2D eigenvalue weighted by molar-refractivity contribution is 7.99. The molecule has 0 saturated carbocycles. The highest BCUT2D eigenvalue weighted by atomic mass is 32.2. The van der Waals surface area contributed by atoms with E-state index in [0.717, 1.165) is 61.2 Å². The molecular weight excluding hydrogens is 669 g/mol. The van der Waals surface area contributed by atoms with Crippen molar-refractivity contribution in [3.8, 4) is 45.9 Å². The van der Waals surface area contributed by atoms with Gasteiger partial charge in [0.2, 0.25) is 0 Å². The maximum absolute atomic E-state index is 10.8. The van der Waals surface area contributed by atoms with E-state index in [9.17, 15) is 5.26 Å². The molecule has 6 nitrogen and oxygen atoms in total. The standard InChI is InChI=1S/C46H28N6S/c47-29-33-26-32(46-49-44(30-14-4-1-5-15-30)48-45(50-46)31-16-6-2-7-17-31)24-25-37(33)52-38-21-11-10-20-35(38)36-27-43-41(28-40(36)52)51(34-18-8-3-9-19-34)39-22-12-13-23-42(39)53-43/h1-28H. The largest absolute Gasteiger partial charge is 0.308 e. The average molecular weight is 697 g/mol. The highest BCUT2D eigenvalue weighted by Crippen LogP contribution is 2.53. The van der Waals surface area contributed by atoms with Crippen LogP contribution in [0.4, 0.5) is 17.1 Å². The van der Waals surface area contributed by atoms with Crippen LogP contribution < -0.4 is 4.90 Å². The molecule has 10 rings (SSSR count). The SMILES string of the molecule is N#Cc1cc(-c2nc(-c3ccccc3)nc(-c3ccccc3)n2)ccc1-n1c2ccccc2c2cc3c(cc21)N(c1ccccc1)c1ccccc1S3. The number of anilines is 3. The number of benzene rings is 7. The van der Waals surface area contributed by atoms with Gasteiger partial charge in [0.1, 0.15) is 6.07 Å². The van der Waals surface area contributed by atoms with E-state index in [2.05, 4.69) is 100 Å². The lowest BCUT2D eigenvalue weighted by molar-refractivity contribution is 1.07. The third-order valence-corrected chi connectivity index (χ3v) is 10.8. The second-order valence-electron chi connectivity index (χ2n) is 12.8. The molecular formula is C46H28N6S. The molecule has 0 bridgehead atoms. The summed E-state index contributed by atoms with van der Waals surface area (Å²) >= 11 is 1.79. The van der Waals surface area contributed by atoms with Crippen LogP contribution in [0.15, 0.2) is 180 Å². The van der Waals surface area contributed by atoms with Crippen LogP contribution in [0.3, 0.4) is 0 Å². The van der Waals surface area contributed by atoms with Crippen molar-refractivity contribution in [3.05, 3.63) is 175 Å². The lowest BCUT2D eigenvalue weighted by atomic mass is 10.1. The number of hydrogen-bond acceptors (Lipinski definition) is 6. The molecule has 7 aromatic carbocycles. The summed E-state index contributed by atoms with van der Waals surface area (Å²) in [4.78, 5) is 19.4.